The van der Waals surface area contributed by atoms with E-state index in [0.717, 1.165) is 53.1 Å². The Balaban J connectivity index is 1.42. The lowest BCUT2D eigenvalue weighted by atomic mass is 9.96. The highest BCUT2D eigenvalue weighted by atomic mass is 16.5. The average molecular weight is 609 g/mol. The van der Waals surface area contributed by atoms with Crippen LogP contribution < -0.4 is 16.0 Å². The minimum Gasteiger partial charge on any atom is -0.490 e. The van der Waals surface area contributed by atoms with Crippen molar-refractivity contribution in [2.24, 2.45) is 10.7 Å². The summed E-state index contributed by atoms with van der Waals surface area (Å²) in [6, 6.07) is 22.7. The highest BCUT2D eigenvalue weighted by Crippen LogP contribution is 2.28. The van der Waals surface area contributed by atoms with Gasteiger partial charge in [0, 0.05) is 30.4 Å². The van der Waals surface area contributed by atoms with E-state index >= 15 is 0 Å². The molecule has 0 radical (unpaired) electrons. The van der Waals surface area contributed by atoms with Crippen LogP contribution >= 0.6 is 0 Å². The summed E-state index contributed by atoms with van der Waals surface area (Å²) in [5.74, 6) is 1.34. The molecule has 9 heteroatoms. The number of rotatable bonds is 9. The summed E-state index contributed by atoms with van der Waals surface area (Å²) in [6.07, 6.45) is 2.40. The van der Waals surface area contributed by atoms with Gasteiger partial charge in [-0.15, -0.1) is 0 Å². The van der Waals surface area contributed by atoms with Crippen LogP contribution in [0, 0.1) is 6.92 Å². The normalized spacial score (nSPS) is 16.4. The molecule has 45 heavy (non-hydrogen) atoms. The van der Waals surface area contributed by atoms with E-state index < -0.39 is 6.09 Å². The molecule has 1 aliphatic rings. The molecule has 1 atom stereocenters. The zero-order chi connectivity index (χ0) is 32.1. The van der Waals surface area contributed by atoms with Crippen LogP contribution in [0.3, 0.4) is 0 Å². The number of carbonyl (C=O) groups is 1. The van der Waals surface area contributed by atoms with E-state index in [1.807, 2.05) is 67.6 Å². The van der Waals surface area contributed by atoms with Crippen LogP contribution in [0.25, 0.3) is 16.8 Å². The highest BCUT2D eigenvalue weighted by molar-refractivity contribution is 6.07. The number of aryl methyl sites for hydroxylation is 2. The van der Waals surface area contributed by atoms with Gasteiger partial charge in [0.25, 0.3) is 5.56 Å². The third kappa shape index (κ3) is 7.49. The van der Waals surface area contributed by atoms with Crippen LogP contribution in [0.4, 0.5) is 4.79 Å². The summed E-state index contributed by atoms with van der Waals surface area (Å²) in [5, 5.41) is 9.05. The molecule has 234 valence electrons. The molecule has 5 rings (SSSR count). The summed E-state index contributed by atoms with van der Waals surface area (Å²) in [5.41, 5.74) is 11.0. The van der Waals surface area contributed by atoms with Crippen molar-refractivity contribution in [3.63, 3.8) is 0 Å². The predicted molar refractivity (Wildman–Crippen MR) is 176 cm³/mol. The molecule has 1 unspecified atom stereocenters. The Morgan fingerprint density at radius 3 is 2.49 bits per heavy atom. The molecule has 1 fully saturated rings. The Morgan fingerprint density at radius 2 is 1.82 bits per heavy atom. The van der Waals surface area contributed by atoms with Crippen LogP contribution in [0.15, 0.2) is 82.6 Å². The topological polar surface area (TPSA) is 129 Å². The molecule has 9 nitrogen and oxygen atoms in total. The number of aromatic nitrogens is 2. The number of benzene rings is 3. The SMILES string of the molecule is CCCc1nc(C)n(-c2ccc(OC3CCOC(C)(C)C3)cc2)c(=O)c1Cc1ccc(-c2ccccc2/C(N)=N/C(=O)O)cc1. The van der Waals surface area contributed by atoms with Crippen molar-refractivity contribution in [3.8, 4) is 22.6 Å². The van der Waals surface area contributed by atoms with Gasteiger partial charge >= 0.3 is 6.09 Å². The van der Waals surface area contributed by atoms with Crippen molar-refractivity contribution in [3.05, 3.63) is 111 Å². The van der Waals surface area contributed by atoms with Gasteiger partial charge in [0.15, 0.2) is 0 Å². The van der Waals surface area contributed by atoms with E-state index in [1.165, 1.54) is 0 Å². The quantitative estimate of drug-likeness (QED) is 0.165. The third-order valence-corrected chi connectivity index (χ3v) is 8.03. The Bertz CT molecular complexity index is 1760. The maximum atomic E-state index is 14.1. The van der Waals surface area contributed by atoms with Gasteiger partial charge < -0.3 is 20.3 Å². The average Bonchev–Trinajstić information content (AvgIpc) is 2.99. The molecular formula is C36H40N4O5. The monoisotopic (exact) mass is 608 g/mol. The first-order valence-corrected chi connectivity index (χ1v) is 15.3. The van der Waals surface area contributed by atoms with E-state index in [-0.39, 0.29) is 23.1 Å². The lowest BCUT2D eigenvalue weighted by Gasteiger charge is -2.35. The Labute approximate surface area is 263 Å². The maximum absolute atomic E-state index is 14.1. The molecule has 0 spiro atoms. The van der Waals surface area contributed by atoms with Gasteiger partial charge in [-0.1, -0.05) is 61.9 Å². The molecule has 0 bridgehead atoms. The van der Waals surface area contributed by atoms with Crippen LogP contribution in [-0.4, -0.2) is 44.9 Å². The third-order valence-electron chi connectivity index (χ3n) is 8.03. The van der Waals surface area contributed by atoms with Crippen LogP contribution in [0.5, 0.6) is 5.75 Å². The van der Waals surface area contributed by atoms with Crippen molar-refractivity contribution in [2.45, 2.75) is 71.5 Å². The van der Waals surface area contributed by atoms with E-state index in [2.05, 4.69) is 25.8 Å². The largest absolute Gasteiger partial charge is 0.490 e. The lowest BCUT2D eigenvalue weighted by Crippen LogP contribution is -2.39. The van der Waals surface area contributed by atoms with Crippen molar-refractivity contribution >= 4 is 11.9 Å². The summed E-state index contributed by atoms with van der Waals surface area (Å²) in [4.78, 5) is 33.5. The molecule has 0 saturated carbocycles. The molecule has 2 heterocycles. The van der Waals surface area contributed by atoms with Gasteiger partial charge in [-0.3, -0.25) is 9.36 Å². The number of ether oxygens (including phenoxy) is 2. The molecule has 1 amide bonds. The van der Waals surface area contributed by atoms with Crippen LogP contribution in [0.2, 0.25) is 0 Å². The zero-order valence-electron chi connectivity index (χ0n) is 26.2. The highest BCUT2D eigenvalue weighted by Gasteiger charge is 2.30. The second kappa shape index (κ2) is 13.5. The van der Waals surface area contributed by atoms with Crippen molar-refractivity contribution in [2.75, 3.05) is 6.61 Å². The van der Waals surface area contributed by atoms with Gasteiger partial charge in [-0.25, -0.2) is 9.78 Å². The fourth-order valence-electron chi connectivity index (χ4n) is 5.91. The minimum atomic E-state index is -1.35. The first-order chi connectivity index (χ1) is 21.5. The Kier molecular flexibility index (Phi) is 9.48. The first-order valence-electron chi connectivity index (χ1n) is 15.3. The van der Waals surface area contributed by atoms with Crippen LogP contribution in [0.1, 0.15) is 68.2 Å². The molecule has 0 aliphatic carbocycles. The Hall–Kier alpha value is -4.76. The first kappa shape index (κ1) is 31.7. The number of amides is 1. The maximum Gasteiger partial charge on any atom is 0.433 e. The predicted octanol–water partition coefficient (Wildman–Crippen LogP) is 6.47. The van der Waals surface area contributed by atoms with E-state index in [1.54, 1.807) is 16.7 Å². The summed E-state index contributed by atoms with van der Waals surface area (Å²) in [6.45, 7) is 8.78. The van der Waals surface area contributed by atoms with E-state index in [0.29, 0.717) is 36.4 Å². The number of hydrogen-bond donors (Lipinski definition) is 2. The van der Waals surface area contributed by atoms with Crippen LogP contribution in [-0.2, 0) is 17.6 Å². The zero-order valence-corrected chi connectivity index (χ0v) is 26.2. The molecule has 1 aliphatic heterocycles. The standard InChI is InChI=1S/C36H40N4O5/c1-5-8-32-31(21-24-11-13-25(14-12-24)29-9-6-7-10-30(29)33(37)39-35(42)43)34(41)40(23(2)38-32)26-15-17-27(18-16-26)45-28-19-20-44-36(3,4)22-28/h6-7,9-18,28H,5,8,19-22H2,1-4H3,(H2,37,39)(H,42,43). The Morgan fingerprint density at radius 1 is 1.11 bits per heavy atom. The summed E-state index contributed by atoms with van der Waals surface area (Å²) < 4.78 is 13.7. The second-order valence-electron chi connectivity index (χ2n) is 12.0. The molecule has 4 aromatic rings. The molecular weight excluding hydrogens is 568 g/mol. The second-order valence-corrected chi connectivity index (χ2v) is 12.0. The number of carboxylic acid groups (broad SMARTS) is 1. The fraction of sp³-hybridized carbons (Fsp3) is 0.333. The molecule has 1 aromatic heterocycles. The van der Waals surface area contributed by atoms with Gasteiger partial charge in [0.1, 0.15) is 23.5 Å². The van der Waals surface area contributed by atoms with Gasteiger partial charge in [0.05, 0.1) is 23.6 Å². The van der Waals surface area contributed by atoms with Crippen molar-refractivity contribution < 1.29 is 19.4 Å². The number of hydrogen-bond acceptors (Lipinski definition) is 5. The lowest BCUT2D eigenvalue weighted by molar-refractivity contribution is -0.0897. The number of nitrogens with two attached hydrogens (primary N) is 1. The molecule has 1 saturated heterocycles. The van der Waals surface area contributed by atoms with Gasteiger partial charge in [-0.05, 0) is 68.1 Å². The number of nitrogens with zero attached hydrogens (tertiary/aromatic N) is 3. The van der Waals surface area contributed by atoms with E-state index in [4.69, 9.17) is 25.3 Å². The molecule has 3 N–H and O–H groups in total. The minimum absolute atomic E-state index is 0.0650. The summed E-state index contributed by atoms with van der Waals surface area (Å²) in [7, 11) is 0. The number of aliphatic imine (C=N–C) groups is 1. The number of amidine groups is 1. The summed E-state index contributed by atoms with van der Waals surface area (Å²) >= 11 is 0. The fourth-order valence-corrected chi connectivity index (χ4v) is 5.91. The molecule has 3 aromatic carbocycles. The van der Waals surface area contributed by atoms with Gasteiger partial charge in [-0.2, -0.15) is 4.99 Å². The smallest absolute Gasteiger partial charge is 0.433 e. The van der Waals surface area contributed by atoms with Crippen molar-refractivity contribution in [1.82, 2.24) is 9.55 Å². The van der Waals surface area contributed by atoms with Crippen molar-refractivity contribution in [1.29, 1.82) is 0 Å². The van der Waals surface area contributed by atoms with Gasteiger partial charge in [0.2, 0.25) is 0 Å². The van der Waals surface area contributed by atoms with E-state index in [9.17, 15) is 9.59 Å².